The Labute approximate surface area is 118 Å². The third-order valence-electron chi connectivity index (χ3n) is 3.55. The van der Waals surface area contributed by atoms with E-state index in [4.69, 9.17) is 4.74 Å². The quantitative estimate of drug-likeness (QED) is 0.676. The van der Waals surface area contributed by atoms with Gasteiger partial charge in [0.2, 0.25) is 0 Å². The summed E-state index contributed by atoms with van der Waals surface area (Å²) in [5, 5.41) is 14.4. The van der Waals surface area contributed by atoms with Gasteiger partial charge in [-0.1, -0.05) is 0 Å². The molecule has 0 unspecified atom stereocenters. The lowest BCUT2D eigenvalue weighted by Crippen LogP contribution is -2.58. The van der Waals surface area contributed by atoms with Crippen LogP contribution in [0.4, 0.5) is 11.4 Å². The van der Waals surface area contributed by atoms with Crippen molar-refractivity contribution in [2.24, 2.45) is 0 Å². The third kappa shape index (κ3) is 2.85. The van der Waals surface area contributed by atoms with E-state index in [0.717, 1.165) is 25.3 Å². The van der Waals surface area contributed by atoms with E-state index >= 15 is 0 Å². The Kier molecular flexibility index (Phi) is 4.13. The summed E-state index contributed by atoms with van der Waals surface area (Å²) in [6.07, 6.45) is 0. The molecule has 1 aromatic carbocycles. The van der Waals surface area contributed by atoms with Crippen LogP contribution in [0.15, 0.2) is 18.2 Å². The molecule has 20 heavy (non-hydrogen) atoms. The van der Waals surface area contributed by atoms with Gasteiger partial charge >= 0.3 is 5.69 Å². The SMILES string of the molecule is CCOc1cc(N2CCNCC2(C)C)ccc1[N+](=O)[O-]. The lowest BCUT2D eigenvalue weighted by atomic mass is 9.99. The topological polar surface area (TPSA) is 67.6 Å². The Morgan fingerprint density at radius 1 is 1.50 bits per heavy atom. The maximum atomic E-state index is 11.0. The van der Waals surface area contributed by atoms with Crippen LogP contribution in [0.5, 0.6) is 5.75 Å². The molecule has 0 spiro atoms. The fourth-order valence-corrected chi connectivity index (χ4v) is 2.55. The molecule has 1 aliphatic rings. The second kappa shape index (κ2) is 5.66. The summed E-state index contributed by atoms with van der Waals surface area (Å²) in [5.41, 5.74) is 0.951. The predicted octanol–water partition coefficient (Wildman–Crippen LogP) is 2.18. The molecule has 0 aromatic heterocycles. The minimum Gasteiger partial charge on any atom is -0.487 e. The summed E-state index contributed by atoms with van der Waals surface area (Å²) in [6.45, 7) is 9.21. The van der Waals surface area contributed by atoms with Crippen LogP contribution in [-0.2, 0) is 0 Å². The average Bonchev–Trinajstić information content (AvgIpc) is 2.38. The van der Waals surface area contributed by atoms with Crippen LogP contribution >= 0.6 is 0 Å². The van der Waals surface area contributed by atoms with Crippen molar-refractivity contribution in [1.29, 1.82) is 0 Å². The molecule has 1 aliphatic heterocycles. The number of benzene rings is 1. The van der Waals surface area contributed by atoms with Gasteiger partial charge in [-0.3, -0.25) is 10.1 Å². The number of hydrogen-bond acceptors (Lipinski definition) is 5. The van der Waals surface area contributed by atoms with Crippen LogP contribution in [0, 0.1) is 10.1 Å². The fraction of sp³-hybridized carbons (Fsp3) is 0.571. The number of ether oxygens (including phenoxy) is 1. The molecule has 2 rings (SSSR count). The number of nitro groups is 1. The summed E-state index contributed by atoms with van der Waals surface area (Å²) in [4.78, 5) is 12.9. The van der Waals surface area contributed by atoms with Crippen molar-refractivity contribution < 1.29 is 9.66 Å². The van der Waals surface area contributed by atoms with Gasteiger partial charge in [0.15, 0.2) is 5.75 Å². The van der Waals surface area contributed by atoms with Crippen LogP contribution < -0.4 is 15.0 Å². The van der Waals surface area contributed by atoms with E-state index in [0.29, 0.717) is 12.4 Å². The highest BCUT2D eigenvalue weighted by Gasteiger charge is 2.30. The standard InChI is InChI=1S/C14H21N3O3/c1-4-20-13-9-11(5-6-12(13)17(18)19)16-8-7-15-10-14(16,2)3/h5-6,9,15H,4,7-8,10H2,1-3H3. The molecular formula is C14H21N3O3. The summed E-state index contributed by atoms with van der Waals surface area (Å²) >= 11 is 0. The summed E-state index contributed by atoms with van der Waals surface area (Å²) in [5.74, 6) is 0.337. The van der Waals surface area contributed by atoms with E-state index in [1.54, 1.807) is 12.1 Å². The first kappa shape index (κ1) is 14.6. The fourth-order valence-electron chi connectivity index (χ4n) is 2.55. The zero-order valence-electron chi connectivity index (χ0n) is 12.2. The van der Waals surface area contributed by atoms with E-state index < -0.39 is 4.92 Å². The molecule has 0 amide bonds. The molecule has 1 heterocycles. The molecule has 1 fully saturated rings. The highest BCUT2D eigenvalue weighted by molar-refractivity contribution is 5.60. The molecule has 0 bridgehead atoms. The lowest BCUT2D eigenvalue weighted by Gasteiger charge is -2.44. The second-order valence-electron chi connectivity index (χ2n) is 5.48. The van der Waals surface area contributed by atoms with Crippen molar-refractivity contribution in [2.75, 3.05) is 31.1 Å². The minimum absolute atomic E-state index is 0.0172. The molecule has 6 nitrogen and oxygen atoms in total. The zero-order chi connectivity index (χ0) is 14.8. The summed E-state index contributed by atoms with van der Waals surface area (Å²) in [6, 6.07) is 5.10. The van der Waals surface area contributed by atoms with Crippen molar-refractivity contribution >= 4 is 11.4 Å². The smallest absolute Gasteiger partial charge is 0.311 e. The van der Waals surface area contributed by atoms with Gasteiger partial charge in [-0.2, -0.15) is 0 Å². The van der Waals surface area contributed by atoms with Gasteiger partial charge in [-0.25, -0.2) is 0 Å². The maximum absolute atomic E-state index is 11.0. The number of rotatable bonds is 4. The molecule has 1 saturated heterocycles. The van der Waals surface area contributed by atoms with Gasteiger partial charge in [-0.15, -0.1) is 0 Å². The molecule has 6 heteroatoms. The summed E-state index contributed by atoms with van der Waals surface area (Å²) < 4.78 is 5.41. The Morgan fingerprint density at radius 3 is 2.85 bits per heavy atom. The number of nitrogens with zero attached hydrogens (tertiary/aromatic N) is 2. The Hall–Kier alpha value is -1.82. The Bertz CT molecular complexity index is 502. The number of nitrogens with one attached hydrogen (secondary N) is 1. The highest BCUT2D eigenvalue weighted by atomic mass is 16.6. The molecule has 0 atom stereocenters. The van der Waals surface area contributed by atoms with Crippen molar-refractivity contribution in [3.8, 4) is 5.75 Å². The molecule has 0 radical (unpaired) electrons. The molecule has 110 valence electrons. The first-order valence-electron chi connectivity index (χ1n) is 6.85. The minimum atomic E-state index is -0.405. The van der Waals surface area contributed by atoms with E-state index in [1.165, 1.54) is 6.07 Å². The van der Waals surface area contributed by atoms with Crippen LogP contribution in [-0.4, -0.2) is 36.7 Å². The average molecular weight is 279 g/mol. The molecule has 0 aliphatic carbocycles. The van der Waals surface area contributed by atoms with Crippen LogP contribution in [0.3, 0.4) is 0 Å². The van der Waals surface area contributed by atoms with E-state index in [2.05, 4.69) is 24.1 Å². The molecule has 1 N–H and O–H groups in total. The van der Waals surface area contributed by atoms with Crippen molar-refractivity contribution in [3.63, 3.8) is 0 Å². The van der Waals surface area contributed by atoms with Crippen LogP contribution in [0.2, 0.25) is 0 Å². The van der Waals surface area contributed by atoms with Gasteiger partial charge in [0.1, 0.15) is 0 Å². The Balaban J connectivity index is 2.37. The van der Waals surface area contributed by atoms with Crippen molar-refractivity contribution in [1.82, 2.24) is 5.32 Å². The number of anilines is 1. The van der Waals surface area contributed by atoms with Crippen molar-refractivity contribution in [2.45, 2.75) is 26.3 Å². The number of hydrogen-bond donors (Lipinski definition) is 1. The highest BCUT2D eigenvalue weighted by Crippen LogP contribution is 2.34. The monoisotopic (exact) mass is 279 g/mol. The van der Waals surface area contributed by atoms with Crippen LogP contribution in [0.1, 0.15) is 20.8 Å². The van der Waals surface area contributed by atoms with E-state index in [1.807, 2.05) is 6.92 Å². The van der Waals surface area contributed by atoms with Gasteiger partial charge in [0.25, 0.3) is 0 Å². The zero-order valence-corrected chi connectivity index (χ0v) is 12.2. The van der Waals surface area contributed by atoms with Crippen molar-refractivity contribution in [3.05, 3.63) is 28.3 Å². The predicted molar refractivity (Wildman–Crippen MR) is 78.6 cm³/mol. The number of piperazine rings is 1. The molecule has 1 aromatic rings. The molecular weight excluding hydrogens is 258 g/mol. The largest absolute Gasteiger partial charge is 0.487 e. The van der Waals surface area contributed by atoms with Gasteiger partial charge < -0.3 is 15.0 Å². The Morgan fingerprint density at radius 2 is 2.25 bits per heavy atom. The normalized spacial score (nSPS) is 17.9. The molecule has 0 saturated carbocycles. The van der Waals surface area contributed by atoms with Gasteiger partial charge in [0.05, 0.1) is 11.5 Å². The first-order chi connectivity index (χ1) is 9.45. The second-order valence-corrected chi connectivity index (χ2v) is 5.48. The lowest BCUT2D eigenvalue weighted by molar-refractivity contribution is -0.385. The van der Waals surface area contributed by atoms with Gasteiger partial charge in [-0.05, 0) is 26.8 Å². The van der Waals surface area contributed by atoms with E-state index in [-0.39, 0.29) is 11.2 Å². The number of nitro benzene ring substituents is 1. The van der Waals surface area contributed by atoms with Gasteiger partial charge in [0, 0.05) is 43.0 Å². The first-order valence-corrected chi connectivity index (χ1v) is 6.85. The van der Waals surface area contributed by atoms with E-state index in [9.17, 15) is 10.1 Å². The summed E-state index contributed by atoms with van der Waals surface area (Å²) in [7, 11) is 0. The third-order valence-corrected chi connectivity index (χ3v) is 3.55. The van der Waals surface area contributed by atoms with Crippen LogP contribution in [0.25, 0.3) is 0 Å². The maximum Gasteiger partial charge on any atom is 0.311 e.